The second kappa shape index (κ2) is 2.58. The highest BCUT2D eigenvalue weighted by Crippen LogP contribution is 2.24. The van der Waals surface area contributed by atoms with E-state index in [4.69, 9.17) is 0 Å². The van der Waals surface area contributed by atoms with Crippen LogP contribution in [0.2, 0.25) is 0 Å². The van der Waals surface area contributed by atoms with Gasteiger partial charge in [-0.3, -0.25) is 4.98 Å². The molecule has 1 aliphatic carbocycles. The molecule has 0 fully saturated rings. The lowest BCUT2D eigenvalue weighted by Gasteiger charge is -2.02. The Morgan fingerprint density at radius 3 is 3.07 bits per heavy atom. The number of hydrogen-bond acceptors (Lipinski definition) is 2. The smallest absolute Gasteiger partial charge is 0.117 e. The summed E-state index contributed by atoms with van der Waals surface area (Å²) in [5, 5.41) is 10.4. The Kier molecular flexibility index (Phi) is 1.39. The van der Waals surface area contributed by atoms with Gasteiger partial charge in [-0.05, 0) is 23.8 Å². The minimum atomic E-state index is 0.274. The molecule has 14 heavy (non-hydrogen) atoms. The highest BCUT2D eigenvalue weighted by molar-refractivity contribution is 5.83. The molecule has 2 aromatic rings. The lowest BCUT2D eigenvalue weighted by atomic mass is 10.1. The van der Waals surface area contributed by atoms with Crippen LogP contribution in [0.15, 0.2) is 30.3 Å². The number of benzene rings is 1. The van der Waals surface area contributed by atoms with Gasteiger partial charge in [-0.25, -0.2) is 0 Å². The monoisotopic (exact) mass is 183 g/mol. The van der Waals surface area contributed by atoms with E-state index in [1.54, 1.807) is 12.1 Å². The molecule has 1 heterocycles. The van der Waals surface area contributed by atoms with Gasteiger partial charge >= 0.3 is 0 Å². The third-order valence-electron chi connectivity index (χ3n) is 2.52. The standard InChI is InChI=1S/C12H9NO/c14-10-5-4-9-6-8-2-1-3-11(8)13-12(9)7-10/h1-2,4-7,14H,3H2. The molecule has 3 rings (SSSR count). The normalized spacial score (nSPS) is 13.4. The van der Waals surface area contributed by atoms with Gasteiger partial charge in [-0.1, -0.05) is 12.2 Å². The molecule has 1 N–H and O–H groups in total. The summed E-state index contributed by atoms with van der Waals surface area (Å²) in [7, 11) is 0. The number of nitrogens with zero attached hydrogens (tertiary/aromatic N) is 1. The van der Waals surface area contributed by atoms with E-state index in [2.05, 4.69) is 23.2 Å². The summed E-state index contributed by atoms with van der Waals surface area (Å²) in [5.74, 6) is 0.274. The van der Waals surface area contributed by atoms with Crippen LogP contribution in [0.5, 0.6) is 5.75 Å². The summed E-state index contributed by atoms with van der Waals surface area (Å²) in [6.45, 7) is 0. The number of pyridine rings is 1. The molecule has 0 atom stereocenters. The number of allylic oxidation sites excluding steroid dienone is 1. The van der Waals surface area contributed by atoms with Crippen molar-refractivity contribution in [1.82, 2.24) is 4.98 Å². The molecular weight excluding hydrogens is 174 g/mol. The van der Waals surface area contributed by atoms with Gasteiger partial charge in [0.1, 0.15) is 5.75 Å². The molecule has 0 saturated heterocycles. The Morgan fingerprint density at radius 2 is 2.14 bits per heavy atom. The Balaban J connectivity index is 2.36. The Labute approximate surface area is 81.5 Å². The third-order valence-corrected chi connectivity index (χ3v) is 2.52. The van der Waals surface area contributed by atoms with E-state index in [0.29, 0.717) is 0 Å². The molecule has 1 aromatic heterocycles. The van der Waals surface area contributed by atoms with Gasteiger partial charge in [-0.2, -0.15) is 0 Å². The van der Waals surface area contributed by atoms with E-state index in [9.17, 15) is 5.11 Å². The summed E-state index contributed by atoms with van der Waals surface area (Å²) in [6, 6.07) is 7.40. The average Bonchev–Trinajstić information content (AvgIpc) is 2.61. The SMILES string of the molecule is Oc1ccc2cc3c(nc2c1)CC=C3. The maximum atomic E-state index is 9.32. The molecule has 0 saturated carbocycles. The molecule has 0 bridgehead atoms. The average molecular weight is 183 g/mol. The molecule has 0 radical (unpaired) electrons. The summed E-state index contributed by atoms with van der Waals surface area (Å²) in [6.07, 6.45) is 5.10. The molecule has 1 aromatic carbocycles. The van der Waals surface area contributed by atoms with Crippen LogP contribution < -0.4 is 0 Å². The molecule has 2 nitrogen and oxygen atoms in total. The van der Waals surface area contributed by atoms with Crippen LogP contribution in [0.3, 0.4) is 0 Å². The van der Waals surface area contributed by atoms with Crippen LogP contribution in [0, 0.1) is 0 Å². The topological polar surface area (TPSA) is 33.1 Å². The molecule has 0 aliphatic heterocycles. The zero-order valence-corrected chi connectivity index (χ0v) is 7.57. The van der Waals surface area contributed by atoms with Crippen molar-refractivity contribution in [3.05, 3.63) is 41.6 Å². The largest absolute Gasteiger partial charge is 0.508 e. The Morgan fingerprint density at radius 1 is 1.21 bits per heavy atom. The van der Waals surface area contributed by atoms with Gasteiger partial charge in [0.15, 0.2) is 0 Å². The van der Waals surface area contributed by atoms with Gasteiger partial charge in [0.2, 0.25) is 0 Å². The van der Waals surface area contributed by atoms with E-state index in [1.807, 2.05) is 6.07 Å². The van der Waals surface area contributed by atoms with Crippen molar-refractivity contribution in [3.8, 4) is 5.75 Å². The molecule has 0 amide bonds. The van der Waals surface area contributed by atoms with Crippen LogP contribution in [-0.4, -0.2) is 10.1 Å². The first kappa shape index (κ1) is 7.56. The number of hydrogen-bond donors (Lipinski definition) is 1. The number of phenols is 1. The molecule has 2 heteroatoms. The van der Waals surface area contributed by atoms with Crippen molar-refractivity contribution in [2.45, 2.75) is 6.42 Å². The summed E-state index contributed by atoms with van der Waals surface area (Å²) in [4.78, 5) is 4.49. The lowest BCUT2D eigenvalue weighted by Crippen LogP contribution is -1.88. The van der Waals surface area contributed by atoms with E-state index in [-0.39, 0.29) is 5.75 Å². The van der Waals surface area contributed by atoms with Crippen molar-refractivity contribution in [2.24, 2.45) is 0 Å². The van der Waals surface area contributed by atoms with E-state index in [0.717, 1.165) is 23.0 Å². The van der Waals surface area contributed by atoms with Crippen molar-refractivity contribution in [2.75, 3.05) is 0 Å². The van der Waals surface area contributed by atoms with Gasteiger partial charge in [-0.15, -0.1) is 0 Å². The minimum Gasteiger partial charge on any atom is -0.508 e. The Bertz CT molecular complexity index is 543. The van der Waals surface area contributed by atoms with Crippen LogP contribution in [0.25, 0.3) is 17.0 Å². The fraction of sp³-hybridized carbons (Fsp3) is 0.0833. The van der Waals surface area contributed by atoms with E-state index >= 15 is 0 Å². The van der Waals surface area contributed by atoms with E-state index < -0.39 is 0 Å². The molecule has 0 spiro atoms. The number of aromatic hydroxyl groups is 1. The maximum absolute atomic E-state index is 9.32. The van der Waals surface area contributed by atoms with Crippen LogP contribution in [-0.2, 0) is 6.42 Å². The van der Waals surface area contributed by atoms with Gasteiger partial charge in [0, 0.05) is 17.9 Å². The first-order chi connectivity index (χ1) is 6.83. The zero-order chi connectivity index (χ0) is 9.54. The fourth-order valence-electron chi connectivity index (χ4n) is 1.82. The van der Waals surface area contributed by atoms with Gasteiger partial charge in [0.05, 0.1) is 11.2 Å². The van der Waals surface area contributed by atoms with Crippen molar-refractivity contribution < 1.29 is 5.11 Å². The number of fused-ring (bicyclic) bond motifs is 2. The summed E-state index contributed by atoms with van der Waals surface area (Å²) in [5.41, 5.74) is 3.17. The van der Waals surface area contributed by atoms with E-state index in [1.165, 1.54) is 5.56 Å². The van der Waals surface area contributed by atoms with Crippen LogP contribution in [0.4, 0.5) is 0 Å². The number of phenolic OH excluding ortho intramolecular Hbond substituents is 1. The second-order valence-electron chi connectivity index (χ2n) is 3.51. The second-order valence-corrected chi connectivity index (χ2v) is 3.51. The number of rotatable bonds is 0. The molecule has 1 aliphatic rings. The van der Waals surface area contributed by atoms with Crippen molar-refractivity contribution in [1.29, 1.82) is 0 Å². The van der Waals surface area contributed by atoms with Crippen LogP contribution >= 0.6 is 0 Å². The predicted octanol–water partition coefficient (Wildman–Crippen LogP) is 2.51. The highest BCUT2D eigenvalue weighted by atomic mass is 16.3. The Hall–Kier alpha value is -1.83. The fourth-order valence-corrected chi connectivity index (χ4v) is 1.82. The zero-order valence-electron chi connectivity index (χ0n) is 7.57. The lowest BCUT2D eigenvalue weighted by molar-refractivity contribution is 0.476. The van der Waals surface area contributed by atoms with Crippen LogP contribution in [0.1, 0.15) is 11.3 Å². The number of aromatic nitrogens is 1. The molecular formula is C12H9NO. The van der Waals surface area contributed by atoms with Gasteiger partial charge < -0.3 is 5.11 Å². The summed E-state index contributed by atoms with van der Waals surface area (Å²) >= 11 is 0. The third kappa shape index (κ3) is 1.01. The van der Waals surface area contributed by atoms with Gasteiger partial charge in [0.25, 0.3) is 0 Å². The quantitative estimate of drug-likeness (QED) is 0.680. The predicted molar refractivity (Wildman–Crippen MR) is 56.1 cm³/mol. The minimum absolute atomic E-state index is 0.274. The molecule has 68 valence electrons. The first-order valence-corrected chi connectivity index (χ1v) is 4.62. The van der Waals surface area contributed by atoms with Crippen molar-refractivity contribution in [3.63, 3.8) is 0 Å². The highest BCUT2D eigenvalue weighted by Gasteiger charge is 2.08. The first-order valence-electron chi connectivity index (χ1n) is 4.62. The maximum Gasteiger partial charge on any atom is 0.117 e. The molecule has 0 unspecified atom stereocenters. The summed E-state index contributed by atoms with van der Waals surface area (Å²) < 4.78 is 0. The van der Waals surface area contributed by atoms with Crippen molar-refractivity contribution >= 4 is 17.0 Å².